The lowest BCUT2D eigenvalue weighted by molar-refractivity contribution is -0.937. The summed E-state index contributed by atoms with van der Waals surface area (Å²) in [5.74, 6) is -0.218. The number of nitrogens with zero attached hydrogens (tertiary/aromatic N) is 1. The first-order valence-electron chi connectivity index (χ1n) is 6.90. The first kappa shape index (κ1) is 18.7. The van der Waals surface area contributed by atoms with Gasteiger partial charge in [0.15, 0.2) is 0 Å². The predicted molar refractivity (Wildman–Crippen MR) is 80.3 cm³/mol. The molecule has 0 aliphatic rings. The van der Waals surface area contributed by atoms with E-state index in [0.717, 1.165) is 36.2 Å². The normalized spacial score (nSPS) is 10.7. The van der Waals surface area contributed by atoms with Crippen molar-refractivity contribution in [3.05, 3.63) is 42.0 Å². The molecule has 0 aliphatic carbocycles. The standard InChI is InChI=1S/C16H24N2O.ClH/c1-4-14-8-7-9-15(12-14)13-18(5-2,6-3)11-10-16(17)19;/h4,7-9,12H,1,5-6,10-11,13H2,2-3H3,(H-,17,19);1H. The lowest BCUT2D eigenvalue weighted by atomic mass is 10.1. The van der Waals surface area contributed by atoms with Gasteiger partial charge < -0.3 is 22.6 Å². The van der Waals surface area contributed by atoms with Crippen molar-refractivity contribution in [1.29, 1.82) is 0 Å². The monoisotopic (exact) mass is 296 g/mol. The van der Waals surface area contributed by atoms with Crippen molar-refractivity contribution < 1.29 is 21.7 Å². The lowest BCUT2D eigenvalue weighted by Gasteiger charge is -2.36. The number of carbonyl (C=O) groups is 1. The highest BCUT2D eigenvalue weighted by molar-refractivity contribution is 5.73. The van der Waals surface area contributed by atoms with Gasteiger partial charge in [-0.25, -0.2) is 0 Å². The number of hydrogen-bond donors (Lipinski definition) is 1. The summed E-state index contributed by atoms with van der Waals surface area (Å²) >= 11 is 0. The van der Waals surface area contributed by atoms with Gasteiger partial charge >= 0.3 is 0 Å². The average Bonchev–Trinajstić information content (AvgIpc) is 2.43. The van der Waals surface area contributed by atoms with Gasteiger partial charge in [0.1, 0.15) is 6.54 Å². The van der Waals surface area contributed by atoms with E-state index >= 15 is 0 Å². The average molecular weight is 297 g/mol. The third-order valence-electron chi connectivity index (χ3n) is 3.88. The summed E-state index contributed by atoms with van der Waals surface area (Å²) in [6.07, 6.45) is 2.31. The number of carbonyl (C=O) groups excluding carboxylic acids is 1. The molecule has 1 amide bonds. The van der Waals surface area contributed by atoms with Gasteiger partial charge in [-0.15, -0.1) is 0 Å². The highest BCUT2D eigenvalue weighted by Crippen LogP contribution is 2.17. The maximum atomic E-state index is 11.0. The van der Waals surface area contributed by atoms with E-state index in [1.165, 1.54) is 5.56 Å². The minimum Gasteiger partial charge on any atom is -1.00 e. The van der Waals surface area contributed by atoms with Crippen LogP contribution in [-0.4, -0.2) is 30.0 Å². The van der Waals surface area contributed by atoms with E-state index in [4.69, 9.17) is 5.73 Å². The van der Waals surface area contributed by atoms with Crippen LogP contribution >= 0.6 is 0 Å². The Labute approximate surface area is 128 Å². The summed E-state index contributed by atoms with van der Waals surface area (Å²) < 4.78 is 0.892. The molecule has 0 heterocycles. The molecule has 1 aromatic rings. The van der Waals surface area contributed by atoms with E-state index in [1.807, 2.05) is 12.1 Å². The third kappa shape index (κ3) is 5.35. The van der Waals surface area contributed by atoms with Crippen molar-refractivity contribution in [3.63, 3.8) is 0 Å². The zero-order valence-corrected chi connectivity index (χ0v) is 13.2. The van der Waals surface area contributed by atoms with Gasteiger partial charge in [0.2, 0.25) is 5.91 Å². The number of halogens is 1. The fraction of sp³-hybridized carbons (Fsp3) is 0.438. The number of benzene rings is 1. The number of nitrogens with two attached hydrogens (primary N) is 1. The number of hydrogen-bond acceptors (Lipinski definition) is 1. The molecule has 0 bridgehead atoms. The van der Waals surface area contributed by atoms with Crippen molar-refractivity contribution in [3.8, 4) is 0 Å². The first-order valence-corrected chi connectivity index (χ1v) is 6.90. The quantitative estimate of drug-likeness (QED) is 0.650. The first-order chi connectivity index (χ1) is 9.05. The van der Waals surface area contributed by atoms with Gasteiger partial charge in [0.05, 0.1) is 26.1 Å². The molecule has 0 aromatic heterocycles. The van der Waals surface area contributed by atoms with Crippen molar-refractivity contribution in [1.82, 2.24) is 0 Å². The van der Waals surface area contributed by atoms with Gasteiger partial charge in [-0.1, -0.05) is 30.9 Å². The Bertz CT molecular complexity index is 442. The van der Waals surface area contributed by atoms with E-state index in [2.05, 4.69) is 38.6 Å². The fourth-order valence-electron chi connectivity index (χ4n) is 2.40. The molecule has 0 aliphatic heterocycles. The van der Waals surface area contributed by atoms with E-state index in [0.29, 0.717) is 6.42 Å². The van der Waals surface area contributed by atoms with Crippen LogP contribution in [0.4, 0.5) is 0 Å². The number of amides is 1. The molecule has 3 nitrogen and oxygen atoms in total. The molecule has 0 saturated heterocycles. The molecule has 2 N–H and O–H groups in total. The summed E-state index contributed by atoms with van der Waals surface area (Å²) in [5, 5.41) is 0. The summed E-state index contributed by atoms with van der Waals surface area (Å²) in [6, 6.07) is 8.40. The smallest absolute Gasteiger partial charge is 0.223 e. The molecule has 1 aromatic carbocycles. The molecular weight excluding hydrogens is 272 g/mol. The third-order valence-corrected chi connectivity index (χ3v) is 3.88. The summed E-state index contributed by atoms with van der Waals surface area (Å²) in [4.78, 5) is 11.0. The van der Waals surface area contributed by atoms with Gasteiger partial charge in [0.25, 0.3) is 0 Å². The Morgan fingerprint density at radius 3 is 2.50 bits per heavy atom. The van der Waals surface area contributed by atoms with Gasteiger partial charge in [0, 0.05) is 5.56 Å². The molecule has 0 saturated carbocycles. The fourth-order valence-corrected chi connectivity index (χ4v) is 2.40. The van der Waals surface area contributed by atoms with E-state index in [-0.39, 0.29) is 18.3 Å². The van der Waals surface area contributed by atoms with Crippen LogP contribution in [0.3, 0.4) is 0 Å². The zero-order valence-electron chi connectivity index (χ0n) is 12.4. The van der Waals surface area contributed by atoms with Gasteiger partial charge in [-0.3, -0.25) is 4.79 Å². The van der Waals surface area contributed by atoms with Gasteiger partial charge in [-0.05, 0) is 25.5 Å². The number of primary amides is 1. The molecule has 20 heavy (non-hydrogen) atoms. The lowest BCUT2D eigenvalue weighted by Crippen LogP contribution is -3.00. The van der Waals surface area contributed by atoms with Crippen LogP contribution in [0.15, 0.2) is 30.8 Å². The van der Waals surface area contributed by atoms with Crippen LogP contribution in [-0.2, 0) is 11.3 Å². The van der Waals surface area contributed by atoms with E-state index in [1.54, 1.807) is 0 Å². The second-order valence-electron chi connectivity index (χ2n) is 5.02. The molecule has 0 spiro atoms. The van der Waals surface area contributed by atoms with Crippen LogP contribution < -0.4 is 18.1 Å². The molecular formula is C16H25ClN2O. The van der Waals surface area contributed by atoms with Crippen LogP contribution in [0.1, 0.15) is 31.4 Å². The van der Waals surface area contributed by atoms with E-state index < -0.39 is 0 Å². The molecule has 1 rings (SSSR count). The molecule has 112 valence electrons. The van der Waals surface area contributed by atoms with Crippen LogP contribution in [0.5, 0.6) is 0 Å². The number of quaternary nitrogens is 1. The largest absolute Gasteiger partial charge is 1.00 e. The van der Waals surface area contributed by atoms with Crippen LogP contribution in [0.25, 0.3) is 6.08 Å². The molecule has 0 atom stereocenters. The highest BCUT2D eigenvalue weighted by Gasteiger charge is 2.24. The molecule has 0 radical (unpaired) electrons. The van der Waals surface area contributed by atoms with E-state index in [9.17, 15) is 4.79 Å². The second kappa shape index (κ2) is 8.77. The summed E-state index contributed by atoms with van der Waals surface area (Å²) in [5.41, 5.74) is 7.71. The minimum atomic E-state index is -0.218. The minimum absolute atomic E-state index is 0. The SMILES string of the molecule is C=Cc1cccc(C[N+](CC)(CC)CCC(N)=O)c1.[Cl-]. The Balaban J connectivity index is 0.00000361. The van der Waals surface area contributed by atoms with Crippen molar-refractivity contribution >= 4 is 12.0 Å². The maximum Gasteiger partial charge on any atom is 0.223 e. The van der Waals surface area contributed by atoms with Crippen LogP contribution in [0.2, 0.25) is 0 Å². The maximum absolute atomic E-state index is 11.0. The molecule has 4 heteroatoms. The predicted octanol–water partition coefficient (Wildman–Crippen LogP) is -0.434. The topological polar surface area (TPSA) is 43.1 Å². The number of rotatable bonds is 8. The highest BCUT2D eigenvalue weighted by atomic mass is 35.5. The molecule has 0 fully saturated rings. The van der Waals surface area contributed by atoms with Crippen molar-refractivity contribution in [2.75, 3.05) is 19.6 Å². The van der Waals surface area contributed by atoms with Crippen molar-refractivity contribution in [2.24, 2.45) is 5.73 Å². The van der Waals surface area contributed by atoms with Gasteiger partial charge in [-0.2, -0.15) is 0 Å². The Morgan fingerprint density at radius 2 is 2.00 bits per heavy atom. The summed E-state index contributed by atoms with van der Waals surface area (Å²) in [6.45, 7) is 11.9. The van der Waals surface area contributed by atoms with Crippen LogP contribution in [0, 0.1) is 0 Å². The Hall–Kier alpha value is -1.32. The Kier molecular flexibility index (Phi) is 8.19. The summed E-state index contributed by atoms with van der Waals surface area (Å²) in [7, 11) is 0. The zero-order chi connectivity index (χ0) is 14.3. The Morgan fingerprint density at radius 1 is 1.35 bits per heavy atom. The molecule has 0 unspecified atom stereocenters. The van der Waals surface area contributed by atoms with Crippen molar-refractivity contribution in [2.45, 2.75) is 26.8 Å². The second-order valence-corrected chi connectivity index (χ2v) is 5.02.